The van der Waals surface area contributed by atoms with E-state index in [1.165, 1.54) is 0 Å². The average Bonchev–Trinajstić information content (AvgIpc) is 3.14. The van der Waals surface area contributed by atoms with Gasteiger partial charge in [-0.15, -0.1) is 11.8 Å². The fourth-order valence-electron chi connectivity index (χ4n) is 2.83. The third kappa shape index (κ3) is 5.12. The summed E-state index contributed by atoms with van der Waals surface area (Å²) in [6, 6.07) is 24.6. The number of nitrogens with zero attached hydrogens (tertiary/aromatic N) is 1. The molecule has 0 amide bonds. The molecule has 0 aromatic heterocycles. The summed E-state index contributed by atoms with van der Waals surface area (Å²) in [7, 11) is 0. The quantitative estimate of drug-likeness (QED) is 0.202. The minimum atomic E-state index is -0.470. The molecule has 6 heteroatoms. The number of aliphatic imine (C=N–C) groups is 1. The third-order valence-electron chi connectivity index (χ3n) is 4.28. The van der Waals surface area contributed by atoms with Crippen molar-refractivity contribution in [3.8, 4) is 5.75 Å². The number of rotatable bonds is 7. The summed E-state index contributed by atoms with van der Waals surface area (Å²) in [6.45, 7) is 0.524. The van der Waals surface area contributed by atoms with Crippen LogP contribution in [0.4, 0.5) is 0 Å². The number of halogens is 1. The highest BCUT2D eigenvalue weighted by Gasteiger charge is 2.24. The summed E-state index contributed by atoms with van der Waals surface area (Å²) < 4.78 is 11.3. The Hall–Kier alpha value is -3.02. The van der Waals surface area contributed by atoms with Crippen molar-refractivity contribution in [2.45, 2.75) is 4.90 Å². The minimum absolute atomic E-state index is 0.250. The number of hydrogen-bond donors (Lipinski definition) is 0. The third-order valence-corrected chi connectivity index (χ3v) is 5.50. The second kappa shape index (κ2) is 9.65. The average molecular weight is 436 g/mol. The monoisotopic (exact) mass is 435 g/mol. The molecule has 30 heavy (non-hydrogen) atoms. The van der Waals surface area contributed by atoms with E-state index in [-0.39, 0.29) is 5.70 Å². The van der Waals surface area contributed by atoms with Gasteiger partial charge < -0.3 is 9.47 Å². The lowest BCUT2D eigenvalue weighted by Gasteiger charge is -2.09. The zero-order valence-corrected chi connectivity index (χ0v) is 17.5. The Labute approximate surface area is 184 Å². The molecule has 0 N–H and O–H groups in total. The van der Waals surface area contributed by atoms with E-state index in [4.69, 9.17) is 21.1 Å². The molecule has 4 rings (SSSR count). The molecular formula is C24H18ClNO3S. The Kier molecular flexibility index (Phi) is 6.52. The van der Waals surface area contributed by atoms with Crippen molar-refractivity contribution in [2.24, 2.45) is 4.99 Å². The van der Waals surface area contributed by atoms with Crippen LogP contribution < -0.4 is 4.74 Å². The normalized spacial score (nSPS) is 14.5. The van der Waals surface area contributed by atoms with Gasteiger partial charge in [0.05, 0.1) is 6.61 Å². The lowest BCUT2D eigenvalue weighted by Crippen LogP contribution is -2.05. The summed E-state index contributed by atoms with van der Waals surface area (Å²) in [5, 5.41) is 0.723. The summed E-state index contributed by atoms with van der Waals surface area (Å²) in [6.07, 6.45) is 1.69. The number of esters is 1. The van der Waals surface area contributed by atoms with Gasteiger partial charge in [-0.25, -0.2) is 9.79 Å². The van der Waals surface area contributed by atoms with Crippen LogP contribution in [0.3, 0.4) is 0 Å². The molecule has 0 fully saturated rings. The summed E-state index contributed by atoms with van der Waals surface area (Å²) in [5.74, 6) is 1.31. The molecule has 0 unspecified atom stereocenters. The van der Waals surface area contributed by atoms with Crippen LogP contribution in [-0.4, -0.2) is 24.2 Å². The number of para-hydroxylation sites is 1. The molecule has 0 saturated heterocycles. The Morgan fingerprint density at radius 1 is 0.967 bits per heavy atom. The van der Waals surface area contributed by atoms with Crippen molar-refractivity contribution < 1.29 is 14.3 Å². The highest BCUT2D eigenvalue weighted by atomic mass is 35.5. The Morgan fingerprint density at radius 3 is 2.50 bits per heavy atom. The largest absolute Gasteiger partial charge is 0.492 e. The van der Waals surface area contributed by atoms with Gasteiger partial charge in [0.1, 0.15) is 5.75 Å². The highest BCUT2D eigenvalue weighted by molar-refractivity contribution is 7.99. The maximum Gasteiger partial charge on any atom is 0.363 e. The topological polar surface area (TPSA) is 47.9 Å². The lowest BCUT2D eigenvalue weighted by atomic mass is 10.1. The molecule has 0 spiro atoms. The second-order valence-electron chi connectivity index (χ2n) is 6.39. The highest BCUT2D eigenvalue weighted by Crippen LogP contribution is 2.26. The lowest BCUT2D eigenvalue weighted by molar-refractivity contribution is -0.129. The molecule has 1 heterocycles. The van der Waals surface area contributed by atoms with Crippen molar-refractivity contribution in [2.75, 3.05) is 12.4 Å². The fraction of sp³-hybridized carbons (Fsp3) is 0.0833. The smallest absolute Gasteiger partial charge is 0.363 e. The SMILES string of the molecule is O=C1OC(c2ccccc2)=N/C1=C\c1ccccc1OCCSc1ccc(Cl)cc1. The van der Waals surface area contributed by atoms with Crippen LogP contribution in [0.2, 0.25) is 5.02 Å². The number of ether oxygens (including phenoxy) is 2. The molecule has 0 atom stereocenters. The van der Waals surface area contributed by atoms with Crippen LogP contribution in [-0.2, 0) is 9.53 Å². The minimum Gasteiger partial charge on any atom is -0.492 e. The maximum atomic E-state index is 12.3. The Balaban J connectivity index is 1.43. The molecule has 1 aliphatic heterocycles. The first kappa shape index (κ1) is 20.3. The van der Waals surface area contributed by atoms with Gasteiger partial charge in [0.15, 0.2) is 5.70 Å². The molecule has 3 aromatic carbocycles. The number of hydrogen-bond acceptors (Lipinski definition) is 5. The maximum absolute atomic E-state index is 12.3. The van der Waals surface area contributed by atoms with Crippen molar-refractivity contribution in [1.29, 1.82) is 0 Å². The van der Waals surface area contributed by atoms with E-state index in [1.807, 2.05) is 78.9 Å². The van der Waals surface area contributed by atoms with Gasteiger partial charge in [0, 0.05) is 26.8 Å². The van der Waals surface area contributed by atoms with Crippen molar-refractivity contribution >= 4 is 41.3 Å². The first-order valence-electron chi connectivity index (χ1n) is 9.37. The fourth-order valence-corrected chi connectivity index (χ4v) is 3.69. The van der Waals surface area contributed by atoms with E-state index in [2.05, 4.69) is 4.99 Å². The van der Waals surface area contributed by atoms with Crippen molar-refractivity contribution in [3.05, 3.63) is 101 Å². The van der Waals surface area contributed by atoms with Crippen LogP contribution in [0.25, 0.3) is 6.08 Å². The van der Waals surface area contributed by atoms with E-state index in [0.717, 1.165) is 26.8 Å². The molecule has 1 aliphatic rings. The Morgan fingerprint density at radius 2 is 1.70 bits per heavy atom. The zero-order chi connectivity index (χ0) is 20.8. The van der Waals surface area contributed by atoms with E-state index >= 15 is 0 Å². The van der Waals surface area contributed by atoms with Crippen LogP contribution in [0, 0.1) is 0 Å². The Bertz CT molecular complexity index is 1090. The first-order chi connectivity index (χ1) is 14.7. The van der Waals surface area contributed by atoms with Gasteiger partial charge in [-0.2, -0.15) is 0 Å². The number of cyclic esters (lactones) is 1. The predicted molar refractivity (Wildman–Crippen MR) is 121 cm³/mol. The molecule has 0 radical (unpaired) electrons. The van der Waals surface area contributed by atoms with Crippen LogP contribution >= 0.6 is 23.4 Å². The molecule has 0 bridgehead atoms. The van der Waals surface area contributed by atoms with E-state index < -0.39 is 5.97 Å². The predicted octanol–water partition coefficient (Wildman–Crippen LogP) is 5.86. The number of benzene rings is 3. The van der Waals surface area contributed by atoms with Gasteiger partial charge in [-0.05, 0) is 48.5 Å². The standard InChI is InChI=1S/C24H18ClNO3S/c25-19-10-12-20(13-11-19)30-15-14-28-22-9-5-4-8-18(22)16-21-24(27)29-23(26-21)17-6-2-1-3-7-17/h1-13,16H,14-15H2/b21-16-. The van der Waals surface area contributed by atoms with E-state index in [1.54, 1.807) is 17.8 Å². The van der Waals surface area contributed by atoms with Crippen molar-refractivity contribution in [1.82, 2.24) is 0 Å². The second-order valence-corrected chi connectivity index (χ2v) is 8.00. The van der Waals surface area contributed by atoms with Gasteiger partial charge in [-0.3, -0.25) is 0 Å². The van der Waals surface area contributed by atoms with Gasteiger partial charge >= 0.3 is 5.97 Å². The molecule has 0 saturated carbocycles. The van der Waals surface area contributed by atoms with Gasteiger partial charge in [-0.1, -0.05) is 48.0 Å². The molecule has 0 aliphatic carbocycles. The van der Waals surface area contributed by atoms with Crippen molar-refractivity contribution in [3.63, 3.8) is 0 Å². The van der Waals surface area contributed by atoms with Gasteiger partial charge in [0.25, 0.3) is 0 Å². The van der Waals surface area contributed by atoms with Gasteiger partial charge in [0.2, 0.25) is 5.90 Å². The van der Waals surface area contributed by atoms with Crippen LogP contribution in [0.1, 0.15) is 11.1 Å². The molecular weight excluding hydrogens is 418 g/mol. The molecule has 150 valence electrons. The van der Waals surface area contributed by atoms with Crippen LogP contribution in [0.15, 0.2) is 94.4 Å². The van der Waals surface area contributed by atoms with E-state index in [9.17, 15) is 4.79 Å². The number of carbonyl (C=O) groups excluding carboxylic acids is 1. The molecule has 4 nitrogen and oxygen atoms in total. The number of thioether (sulfide) groups is 1. The summed E-state index contributed by atoms with van der Waals surface area (Å²) in [4.78, 5) is 17.7. The van der Waals surface area contributed by atoms with E-state index in [0.29, 0.717) is 18.3 Å². The van der Waals surface area contributed by atoms with Crippen LogP contribution in [0.5, 0.6) is 5.75 Å². The summed E-state index contributed by atoms with van der Waals surface area (Å²) in [5.41, 5.74) is 1.79. The summed E-state index contributed by atoms with van der Waals surface area (Å²) >= 11 is 7.60. The zero-order valence-electron chi connectivity index (χ0n) is 16.0. The number of carbonyl (C=O) groups is 1. The molecule has 3 aromatic rings. The first-order valence-corrected chi connectivity index (χ1v) is 10.7.